The number of aromatic nitrogens is 2. The molecule has 146 valence electrons. The maximum absolute atomic E-state index is 12.8. The molecule has 0 saturated heterocycles. The van der Waals surface area contributed by atoms with Crippen molar-refractivity contribution < 1.29 is 17.9 Å². The highest BCUT2D eigenvalue weighted by atomic mass is 32.2. The van der Waals surface area contributed by atoms with Crippen LogP contribution in [0.4, 0.5) is 11.4 Å². The van der Waals surface area contributed by atoms with Crippen LogP contribution in [0.2, 0.25) is 0 Å². The van der Waals surface area contributed by atoms with E-state index in [0.717, 1.165) is 0 Å². The lowest BCUT2D eigenvalue weighted by Crippen LogP contribution is -2.34. The number of hydrogen-bond donors (Lipinski definition) is 2. The van der Waals surface area contributed by atoms with Gasteiger partial charge in [-0.05, 0) is 43.3 Å². The van der Waals surface area contributed by atoms with Crippen molar-refractivity contribution >= 4 is 38.3 Å². The van der Waals surface area contributed by atoms with E-state index in [1.54, 1.807) is 39.2 Å². The van der Waals surface area contributed by atoms with Crippen LogP contribution in [0.1, 0.15) is 6.92 Å². The molecule has 1 amide bonds. The fourth-order valence-corrected chi connectivity index (χ4v) is 4.21. The maximum Gasteiger partial charge on any atom is 0.328 e. The molecule has 0 bridgehead atoms. The summed E-state index contributed by atoms with van der Waals surface area (Å²) in [4.78, 5) is 23.8. The Balaban J connectivity index is 1.69. The largest absolute Gasteiger partial charge is 0.479 e. The highest BCUT2D eigenvalue weighted by Crippen LogP contribution is 2.32. The fourth-order valence-electron chi connectivity index (χ4n) is 3.14. The van der Waals surface area contributed by atoms with Crippen molar-refractivity contribution in [3.05, 3.63) is 46.9 Å². The zero-order chi connectivity index (χ0) is 20.2. The number of imidazole rings is 1. The Morgan fingerprint density at radius 1 is 1.04 bits per heavy atom. The number of carbonyl (C=O) groups excluding carboxylic acids is 1. The van der Waals surface area contributed by atoms with Gasteiger partial charge in [0.1, 0.15) is 5.75 Å². The molecule has 1 unspecified atom stereocenters. The van der Waals surface area contributed by atoms with Crippen molar-refractivity contribution in [3.8, 4) is 5.75 Å². The monoisotopic (exact) mass is 402 g/mol. The third-order valence-electron chi connectivity index (χ3n) is 4.72. The summed E-state index contributed by atoms with van der Waals surface area (Å²) < 4.78 is 36.5. The standard InChI is InChI=1S/C18H18N4O5S/c1-10-17(23)19-13-9-12(5-7-16(13)27-10)28(25,26)20-11-4-6-14-15(8-11)22(3)18(24)21(14)2/h4-10,20H,1-3H3,(H,19,23). The summed E-state index contributed by atoms with van der Waals surface area (Å²) in [6.45, 7) is 1.61. The van der Waals surface area contributed by atoms with Gasteiger partial charge >= 0.3 is 5.69 Å². The van der Waals surface area contributed by atoms with Crippen molar-refractivity contribution in [1.82, 2.24) is 9.13 Å². The highest BCUT2D eigenvalue weighted by Gasteiger charge is 2.25. The van der Waals surface area contributed by atoms with Crippen molar-refractivity contribution in [2.24, 2.45) is 14.1 Å². The number of benzene rings is 2. The third-order valence-corrected chi connectivity index (χ3v) is 6.10. The molecule has 1 aliphatic rings. The lowest BCUT2D eigenvalue weighted by Gasteiger charge is -2.23. The molecule has 0 radical (unpaired) electrons. The zero-order valence-electron chi connectivity index (χ0n) is 15.4. The molecule has 0 fully saturated rings. The van der Waals surface area contributed by atoms with E-state index in [-0.39, 0.29) is 16.5 Å². The number of ether oxygens (including phenoxy) is 1. The predicted octanol–water partition coefficient (Wildman–Crippen LogP) is 1.40. The van der Waals surface area contributed by atoms with Crippen molar-refractivity contribution in [2.45, 2.75) is 17.9 Å². The Morgan fingerprint density at radius 2 is 1.75 bits per heavy atom. The van der Waals surface area contributed by atoms with Gasteiger partial charge in [-0.15, -0.1) is 0 Å². The average Bonchev–Trinajstić information content (AvgIpc) is 2.86. The highest BCUT2D eigenvalue weighted by molar-refractivity contribution is 7.92. The summed E-state index contributed by atoms with van der Waals surface area (Å²) in [5, 5.41) is 2.63. The smallest absolute Gasteiger partial charge is 0.328 e. The Bertz CT molecular complexity index is 1290. The molecule has 1 aliphatic heterocycles. The van der Waals surface area contributed by atoms with E-state index in [4.69, 9.17) is 4.74 Å². The van der Waals surface area contributed by atoms with Crippen LogP contribution in [0.3, 0.4) is 0 Å². The van der Waals surface area contributed by atoms with E-state index in [1.165, 1.54) is 27.3 Å². The fraction of sp³-hybridized carbons (Fsp3) is 0.222. The van der Waals surface area contributed by atoms with Crippen LogP contribution in [-0.4, -0.2) is 29.6 Å². The summed E-state index contributed by atoms with van der Waals surface area (Å²) >= 11 is 0. The molecule has 0 spiro atoms. The number of amides is 1. The van der Waals surface area contributed by atoms with Gasteiger partial charge in [-0.1, -0.05) is 0 Å². The predicted molar refractivity (Wildman–Crippen MR) is 104 cm³/mol. The first-order valence-corrected chi connectivity index (χ1v) is 9.95. The second kappa shape index (κ2) is 6.13. The van der Waals surface area contributed by atoms with Gasteiger partial charge in [0.25, 0.3) is 15.9 Å². The molecule has 28 heavy (non-hydrogen) atoms. The molecule has 3 aromatic rings. The van der Waals surface area contributed by atoms with E-state index in [9.17, 15) is 18.0 Å². The molecule has 2 N–H and O–H groups in total. The van der Waals surface area contributed by atoms with Crippen molar-refractivity contribution in [2.75, 3.05) is 10.0 Å². The van der Waals surface area contributed by atoms with Gasteiger partial charge in [0.05, 0.1) is 27.3 Å². The summed E-state index contributed by atoms with van der Waals surface area (Å²) in [5.74, 6) is 0.0669. The van der Waals surface area contributed by atoms with Crippen LogP contribution in [-0.2, 0) is 28.9 Å². The van der Waals surface area contributed by atoms with Crippen molar-refractivity contribution in [3.63, 3.8) is 0 Å². The molecule has 10 heteroatoms. The first-order valence-electron chi connectivity index (χ1n) is 8.47. The minimum atomic E-state index is -3.91. The summed E-state index contributed by atoms with van der Waals surface area (Å²) in [6, 6.07) is 9.12. The molecule has 2 aromatic carbocycles. The molecule has 2 heterocycles. The normalized spacial score (nSPS) is 16.4. The van der Waals surface area contributed by atoms with Crippen LogP contribution >= 0.6 is 0 Å². The molecular formula is C18H18N4O5S. The number of nitrogens with zero attached hydrogens (tertiary/aromatic N) is 2. The Labute approximate surface area is 160 Å². The Morgan fingerprint density at radius 3 is 2.50 bits per heavy atom. The summed E-state index contributed by atoms with van der Waals surface area (Å²) in [5.41, 5.74) is 1.72. The van der Waals surface area contributed by atoms with Gasteiger partial charge in [0.15, 0.2) is 6.10 Å². The van der Waals surface area contributed by atoms with Crippen LogP contribution in [0.15, 0.2) is 46.1 Å². The van der Waals surface area contributed by atoms with E-state index in [1.807, 2.05) is 0 Å². The van der Waals surface area contributed by atoms with Gasteiger partial charge in [-0.25, -0.2) is 13.2 Å². The number of carbonyl (C=O) groups is 1. The minimum absolute atomic E-state index is 0.0215. The number of aryl methyl sites for hydroxylation is 2. The van der Waals surface area contributed by atoms with Gasteiger partial charge < -0.3 is 10.1 Å². The number of nitrogens with one attached hydrogen (secondary N) is 2. The second-order valence-electron chi connectivity index (χ2n) is 6.62. The number of hydrogen-bond acceptors (Lipinski definition) is 5. The quantitative estimate of drug-likeness (QED) is 0.688. The minimum Gasteiger partial charge on any atom is -0.479 e. The first kappa shape index (κ1) is 18.1. The number of fused-ring (bicyclic) bond motifs is 2. The van der Waals surface area contributed by atoms with E-state index in [2.05, 4.69) is 10.0 Å². The van der Waals surface area contributed by atoms with Crippen LogP contribution in [0.25, 0.3) is 11.0 Å². The average molecular weight is 402 g/mol. The molecule has 9 nitrogen and oxygen atoms in total. The van der Waals surface area contributed by atoms with Gasteiger partial charge in [-0.2, -0.15) is 0 Å². The number of sulfonamides is 1. The topological polar surface area (TPSA) is 111 Å². The summed E-state index contributed by atoms with van der Waals surface area (Å²) in [6.07, 6.45) is -0.641. The molecule has 0 aliphatic carbocycles. The van der Waals surface area contributed by atoms with Gasteiger partial charge in [0.2, 0.25) is 0 Å². The SMILES string of the molecule is CC1Oc2ccc(S(=O)(=O)Nc3ccc4c(c3)n(C)c(=O)n4C)cc2NC1=O. The zero-order valence-corrected chi connectivity index (χ0v) is 16.2. The van der Waals surface area contributed by atoms with Crippen LogP contribution < -0.4 is 20.5 Å². The lowest BCUT2D eigenvalue weighted by atomic mass is 10.2. The number of rotatable bonds is 3. The molecule has 1 aromatic heterocycles. The first-order chi connectivity index (χ1) is 13.2. The Kier molecular flexibility index (Phi) is 3.96. The number of anilines is 2. The maximum atomic E-state index is 12.8. The molecule has 4 rings (SSSR count). The Hall–Kier alpha value is -3.27. The van der Waals surface area contributed by atoms with Gasteiger partial charge in [0, 0.05) is 14.1 Å². The molecule has 1 atom stereocenters. The third kappa shape index (κ3) is 2.82. The van der Waals surface area contributed by atoms with E-state index in [0.29, 0.717) is 28.2 Å². The second-order valence-corrected chi connectivity index (χ2v) is 8.30. The molecular weight excluding hydrogens is 384 g/mol. The van der Waals surface area contributed by atoms with Gasteiger partial charge in [-0.3, -0.25) is 18.7 Å². The van der Waals surface area contributed by atoms with E-state index >= 15 is 0 Å². The van der Waals surface area contributed by atoms with E-state index < -0.39 is 16.1 Å². The lowest BCUT2D eigenvalue weighted by molar-refractivity contribution is -0.122. The van der Waals surface area contributed by atoms with Crippen LogP contribution in [0, 0.1) is 0 Å². The van der Waals surface area contributed by atoms with Crippen molar-refractivity contribution in [1.29, 1.82) is 0 Å². The van der Waals surface area contributed by atoms with Crippen LogP contribution in [0.5, 0.6) is 5.75 Å². The molecule has 0 saturated carbocycles. The summed E-state index contributed by atoms with van der Waals surface area (Å²) in [7, 11) is -0.641.